The number of H-pyrrole nitrogens is 1. The fourth-order valence-corrected chi connectivity index (χ4v) is 3.64. The van der Waals surface area contributed by atoms with Crippen molar-refractivity contribution in [1.82, 2.24) is 9.55 Å². The zero-order valence-electron chi connectivity index (χ0n) is 12.9. The molecule has 1 radical (unpaired) electrons. The Kier molecular flexibility index (Phi) is 4.50. The molecule has 0 amide bonds. The summed E-state index contributed by atoms with van der Waals surface area (Å²) in [5, 5.41) is 19.5. The van der Waals surface area contributed by atoms with Crippen molar-refractivity contribution >= 4 is 16.0 Å². The van der Waals surface area contributed by atoms with Crippen molar-refractivity contribution in [3.63, 3.8) is 0 Å². The average Bonchev–Trinajstić information content (AvgIpc) is 2.80. The van der Waals surface area contributed by atoms with Crippen LogP contribution in [0.1, 0.15) is 6.92 Å². The van der Waals surface area contributed by atoms with E-state index in [2.05, 4.69) is 21.0 Å². The topological polar surface area (TPSA) is 105 Å². The minimum atomic E-state index is -1.24. The average molecular weight is 396 g/mol. The van der Waals surface area contributed by atoms with E-state index in [4.69, 9.17) is 4.74 Å². The molecule has 1 saturated heterocycles. The molecule has 127 valence electrons. The molecule has 2 heterocycles. The Morgan fingerprint density at radius 3 is 2.58 bits per heavy atom. The van der Waals surface area contributed by atoms with Gasteiger partial charge in [0.1, 0.15) is 0 Å². The number of aliphatic hydroxyl groups is 2. The zero-order valence-corrected chi connectivity index (χ0v) is 14.6. The van der Waals surface area contributed by atoms with Crippen LogP contribution in [0.4, 0.5) is 0 Å². The second kappa shape index (κ2) is 6.31. The number of benzene rings is 1. The number of hydrogen-bond acceptors (Lipinski definition) is 5. The van der Waals surface area contributed by atoms with Crippen molar-refractivity contribution in [1.29, 1.82) is 0 Å². The van der Waals surface area contributed by atoms with E-state index in [1.54, 1.807) is 31.2 Å². The van der Waals surface area contributed by atoms with Crippen LogP contribution in [-0.2, 0) is 10.5 Å². The third kappa shape index (κ3) is 2.66. The van der Waals surface area contributed by atoms with Crippen LogP contribution in [0.15, 0.2) is 46.1 Å². The molecular formula is C16H17N2O5Se. The van der Waals surface area contributed by atoms with E-state index < -0.39 is 34.0 Å². The summed E-state index contributed by atoms with van der Waals surface area (Å²) >= 11 is 2.81. The van der Waals surface area contributed by atoms with Crippen molar-refractivity contribution in [3.8, 4) is 11.1 Å². The van der Waals surface area contributed by atoms with Gasteiger partial charge in [0.2, 0.25) is 0 Å². The van der Waals surface area contributed by atoms with Crippen LogP contribution in [0.25, 0.3) is 11.1 Å². The molecule has 1 fully saturated rings. The van der Waals surface area contributed by atoms with Gasteiger partial charge in [-0.05, 0) is 0 Å². The number of rotatable bonds is 3. The van der Waals surface area contributed by atoms with Crippen LogP contribution in [0, 0.1) is 0 Å². The summed E-state index contributed by atoms with van der Waals surface area (Å²) < 4.78 is 6.98. The van der Waals surface area contributed by atoms with Gasteiger partial charge in [0, 0.05) is 0 Å². The van der Waals surface area contributed by atoms with E-state index in [1.165, 1.54) is 10.8 Å². The predicted molar refractivity (Wildman–Crippen MR) is 87.9 cm³/mol. The molecule has 0 spiro atoms. The molecule has 1 aliphatic heterocycles. The summed E-state index contributed by atoms with van der Waals surface area (Å²) in [4.78, 5) is 26.2. The molecule has 4 atom stereocenters. The number of aromatic nitrogens is 2. The van der Waals surface area contributed by atoms with E-state index in [-0.39, 0.29) is 6.61 Å². The van der Waals surface area contributed by atoms with Crippen molar-refractivity contribution in [2.45, 2.75) is 29.7 Å². The standard InChI is InChI=1S/C16H17N2O5Se/c1-16(13(24)12(20)11(8-19)23-16)18-7-10(14(21)17-15(18)22)9-5-3-2-4-6-9/h2-7,11-13,19-20H,8H2,1H3,(H,17,21,22)/t11-,12-,13-,16-/m1/s1. The molecule has 8 heteroatoms. The third-order valence-electron chi connectivity index (χ3n) is 4.29. The van der Waals surface area contributed by atoms with Gasteiger partial charge in [-0.1, -0.05) is 0 Å². The molecule has 1 aliphatic rings. The van der Waals surface area contributed by atoms with Crippen LogP contribution in [-0.4, -0.2) is 54.6 Å². The first-order valence-electron chi connectivity index (χ1n) is 7.43. The molecule has 0 bridgehead atoms. The molecule has 1 aromatic carbocycles. The van der Waals surface area contributed by atoms with Crippen LogP contribution in [0.5, 0.6) is 0 Å². The molecule has 3 N–H and O–H groups in total. The van der Waals surface area contributed by atoms with Gasteiger partial charge >= 0.3 is 145 Å². The van der Waals surface area contributed by atoms with Crippen LogP contribution in [0.2, 0.25) is 4.82 Å². The van der Waals surface area contributed by atoms with Gasteiger partial charge in [-0.3, -0.25) is 0 Å². The van der Waals surface area contributed by atoms with E-state index in [1.807, 2.05) is 6.07 Å². The summed E-state index contributed by atoms with van der Waals surface area (Å²) in [6, 6.07) is 8.94. The normalized spacial score (nSPS) is 29.8. The van der Waals surface area contributed by atoms with Gasteiger partial charge < -0.3 is 0 Å². The first kappa shape index (κ1) is 17.1. The predicted octanol–water partition coefficient (Wildman–Crippen LogP) is -0.415. The van der Waals surface area contributed by atoms with Gasteiger partial charge in [0.15, 0.2) is 0 Å². The number of hydrogen-bond donors (Lipinski definition) is 3. The van der Waals surface area contributed by atoms with E-state index in [0.717, 1.165) is 0 Å². The summed E-state index contributed by atoms with van der Waals surface area (Å²) in [5.41, 5.74) is -1.41. The van der Waals surface area contributed by atoms with Crippen LogP contribution >= 0.6 is 0 Å². The number of ether oxygens (including phenoxy) is 1. The Labute approximate surface area is 145 Å². The van der Waals surface area contributed by atoms with Gasteiger partial charge in [0.25, 0.3) is 0 Å². The van der Waals surface area contributed by atoms with Gasteiger partial charge in [-0.25, -0.2) is 0 Å². The summed E-state index contributed by atoms with van der Waals surface area (Å²) in [5.74, 6) is 0. The SMILES string of the molecule is C[C@@]1(n2cc(-c3ccccc3)c(=O)[nH]c2=O)O[C@H](CO)[C@@H](O)[C@H]1[Se]. The Morgan fingerprint density at radius 1 is 1.33 bits per heavy atom. The van der Waals surface area contributed by atoms with E-state index >= 15 is 0 Å². The molecule has 1 aromatic heterocycles. The van der Waals surface area contributed by atoms with Gasteiger partial charge in [0.05, 0.1) is 0 Å². The first-order chi connectivity index (χ1) is 11.4. The van der Waals surface area contributed by atoms with Crippen molar-refractivity contribution < 1.29 is 14.9 Å². The number of aromatic amines is 1. The Morgan fingerprint density at radius 2 is 2.00 bits per heavy atom. The van der Waals surface area contributed by atoms with E-state index in [0.29, 0.717) is 11.1 Å². The second-order valence-corrected chi connectivity index (χ2v) is 6.91. The van der Waals surface area contributed by atoms with Crippen LogP contribution < -0.4 is 11.2 Å². The quantitative estimate of drug-likeness (QED) is 0.612. The molecule has 3 rings (SSSR count). The zero-order chi connectivity index (χ0) is 17.5. The molecule has 0 unspecified atom stereocenters. The summed E-state index contributed by atoms with van der Waals surface area (Å²) in [6.07, 6.45) is -0.368. The maximum absolute atomic E-state index is 12.3. The first-order valence-corrected chi connectivity index (χ1v) is 8.42. The summed E-state index contributed by atoms with van der Waals surface area (Å²) in [7, 11) is 0. The third-order valence-corrected chi connectivity index (χ3v) is 5.80. The number of nitrogens with one attached hydrogen (secondary N) is 1. The second-order valence-electron chi connectivity index (χ2n) is 5.84. The van der Waals surface area contributed by atoms with E-state index in [9.17, 15) is 19.8 Å². The Bertz CT molecular complexity index is 850. The molecule has 24 heavy (non-hydrogen) atoms. The van der Waals surface area contributed by atoms with Crippen molar-refractivity contribution in [2.75, 3.05) is 6.61 Å². The molecular weight excluding hydrogens is 379 g/mol. The monoisotopic (exact) mass is 397 g/mol. The van der Waals surface area contributed by atoms with Crippen molar-refractivity contribution in [3.05, 3.63) is 57.4 Å². The molecule has 2 aromatic rings. The molecule has 7 nitrogen and oxygen atoms in total. The van der Waals surface area contributed by atoms with Crippen molar-refractivity contribution in [2.24, 2.45) is 0 Å². The fourth-order valence-electron chi connectivity index (χ4n) is 2.92. The minimum absolute atomic E-state index is 0.314. The fraction of sp³-hybridized carbons (Fsp3) is 0.375. The number of nitrogens with zero attached hydrogens (tertiary/aromatic N) is 1. The maximum atomic E-state index is 12.3. The Hall–Kier alpha value is -1.70. The summed E-state index contributed by atoms with van der Waals surface area (Å²) in [6.45, 7) is 1.25. The number of aliphatic hydroxyl groups excluding tert-OH is 2. The van der Waals surface area contributed by atoms with Gasteiger partial charge in [-0.15, -0.1) is 0 Å². The Balaban J connectivity index is 2.16. The van der Waals surface area contributed by atoms with Gasteiger partial charge in [-0.2, -0.15) is 0 Å². The molecule has 0 aliphatic carbocycles. The molecule has 0 saturated carbocycles. The van der Waals surface area contributed by atoms with Crippen LogP contribution in [0.3, 0.4) is 0 Å².